The molecule has 1 aromatic heterocycles. The van der Waals surface area contributed by atoms with Gasteiger partial charge >= 0.3 is 6.18 Å². The number of ether oxygens (including phenoxy) is 3. The van der Waals surface area contributed by atoms with Crippen LogP contribution >= 0.6 is 0 Å². The Hall–Kier alpha value is -3.76. The summed E-state index contributed by atoms with van der Waals surface area (Å²) in [5, 5.41) is 4.02. The second-order valence-corrected chi connectivity index (χ2v) is 7.90. The smallest absolute Gasteiger partial charge is 0.416 e. The number of carbonyl (C=O) groups is 1. The molecule has 11 heteroatoms. The van der Waals surface area contributed by atoms with Gasteiger partial charge in [0.2, 0.25) is 17.5 Å². The van der Waals surface area contributed by atoms with Crippen molar-refractivity contribution in [1.29, 1.82) is 0 Å². The molecule has 0 fully saturated rings. The molecule has 0 saturated heterocycles. The minimum Gasteiger partial charge on any atom is -0.493 e. The maximum absolute atomic E-state index is 13.0. The molecule has 2 aromatic carbocycles. The third-order valence-corrected chi connectivity index (χ3v) is 5.51. The van der Waals surface area contributed by atoms with E-state index in [2.05, 4.69) is 10.1 Å². The maximum Gasteiger partial charge on any atom is 0.416 e. The first-order valence-electron chi connectivity index (χ1n) is 11.3. The second-order valence-electron chi connectivity index (χ2n) is 7.90. The zero-order valence-electron chi connectivity index (χ0n) is 20.5. The number of benzene rings is 2. The Labute approximate surface area is 207 Å². The van der Waals surface area contributed by atoms with Gasteiger partial charge in [-0.25, -0.2) is 0 Å². The summed E-state index contributed by atoms with van der Waals surface area (Å²) < 4.78 is 60.0. The van der Waals surface area contributed by atoms with E-state index in [1.165, 1.54) is 33.5 Å². The number of hydrogen-bond acceptors (Lipinski definition) is 7. The van der Waals surface area contributed by atoms with Gasteiger partial charge in [0.15, 0.2) is 11.5 Å². The molecule has 0 aliphatic heterocycles. The SMILES string of the molecule is CCCCN(CCc1nc(-c2cc(OC)c(OC)c(OC)c2)no1)C(=O)c1ccc(C(F)(F)F)cc1. The molecule has 0 atom stereocenters. The van der Waals surface area contributed by atoms with Crippen molar-refractivity contribution >= 4 is 5.91 Å². The highest BCUT2D eigenvalue weighted by Crippen LogP contribution is 2.40. The Morgan fingerprint density at radius 1 is 1.00 bits per heavy atom. The standard InChI is InChI=1S/C25H28F3N3O5/c1-5-6-12-31(24(32)16-7-9-18(10-8-16)25(26,27)28)13-11-21-29-23(30-36-21)17-14-19(33-2)22(35-4)20(15-17)34-3/h7-10,14-15H,5-6,11-13H2,1-4H3. The van der Waals surface area contributed by atoms with Crippen LogP contribution in [0.1, 0.15) is 41.6 Å². The summed E-state index contributed by atoms with van der Waals surface area (Å²) in [6.45, 7) is 2.70. The summed E-state index contributed by atoms with van der Waals surface area (Å²) in [5.74, 6) is 1.55. The number of halogens is 3. The molecule has 3 rings (SSSR count). The first-order valence-corrected chi connectivity index (χ1v) is 11.3. The lowest BCUT2D eigenvalue weighted by molar-refractivity contribution is -0.137. The van der Waals surface area contributed by atoms with E-state index in [1.54, 1.807) is 17.0 Å². The second kappa shape index (κ2) is 11.8. The third-order valence-electron chi connectivity index (χ3n) is 5.51. The Morgan fingerprint density at radius 3 is 2.17 bits per heavy atom. The van der Waals surface area contributed by atoms with E-state index in [0.717, 1.165) is 25.0 Å². The average molecular weight is 508 g/mol. The van der Waals surface area contributed by atoms with Gasteiger partial charge in [0.25, 0.3) is 5.91 Å². The van der Waals surface area contributed by atoms with Crippen molar-refractivity contribution in [3.63, 3.8) is 0 Å². The van der Waals surface area contributed by atoms with Gasteiger partial charge in [0.1, 0.15) is 0 Å². The minimum absolute atomic E-state index is 0.183. The van der Waals surface area contributed by atoms with Gasteiger partial charge in [0.05, 0.1) is 26.9 Å². The number of amides is 1. The summed E-state index contributed by atoms with van der Waals surface area (Å²) in [6, 6.07) is 7.59. The molecule has 0 spiro atoms. The molecule has 0 saturated carbocycles. The lowest BCUT2D eigenvalue weighted by Crippen LogP contribution is -2.34. The van der Waals surface area contributed by atoms with Crippen molar-refractivity contribution in [2.75, 3.05) is 34.4 Å². The quantitative estimate of drug-likeness (QED) is 0.350. The Kier molecular flexibility index (Phi) is 8.78. The van der Waals surface area contributed by atoms with Gasteiger partial charge in [-0.3, -0.25) is 4.79 Å². The zero-order valence-corrected chi connectivity index (χ0v) is 20.5. The van der Waals surface area contributed by atoms with Gasteiger partial charge < -0.3 is 23.6 Å². The summed E-state index contributed by atoms with van der Waals surface area (Å²) in [4.78, 5) is 19.0. The van der Waals surface area contributed by atoms with Crippen LogP contribution in [0.15, 0.2) is 40.9 Å². The van der Waals surface area contributed by atoms with Crippen molar-refractivity contribution in [3.05, 3.63) is 53.4 Å². The summed E-state index contributed by atoms with van der Waals surface area (Å²) in [5.41, 5.74) is -0.0322. The summed E-state index contributed by atoms with van der Waals surface area (Å²) >= 11 is 0. The molecular formula is C25H28F3N3O5. The van der Waals surface area contributed by atoms with E-state index in [1.807, 2.05) is 6.92 Å². The van der Waals surface area contributed by atoms with E-state index < -0.39 is 11.7 Å². The molecule has 1 amide bonds. The lowest BCUT2D eigenvalue weighted by atomic mass is 10.1. The maximum atomic E-state index is 13.0. The summed E-state index contributed by atoms with van der Waals surface area (Å²) in [6.07, 6.45) is -2.60. The number of methoxy groups -OCH3 is 3. The van der Waals surface area contributed by atoms with Crippen LogP contribution in [0, 0.1) is 0 Å². The molecule has 0 bridgehead atoms. The molecule has 0 aliphatic carbocycles. The van der Waals surface area contributed by atoms with Crippen LogP contribution in [-0.4, -0.2) is 55.4 Å². The van der Waals surface area contributed by atoms with Crippen LogP contribution in [-0.2, 0) is 12.6 Å². The summed E-state index contributed by atoms with van der Waals surface area (Å²) in [7, 11) is 4.51. The Bertz CT molecular complexity index is 1140. The number of rotatable bonds is 11. The number of carbonyl (C=O) groups excluding carboxylic acids is 1. The van der Waals surface area contributed by atoms with Crippen molar-refractivity contribution in [1.82, 2.24) is 15.0 Å². The molecule has 1 heterocycles. The topological polar surface area (TPSA) is 86.9 Å². The van der Waals surface area contributed by atoms with Gasteiger partial charge in [-0.15, -0.1) is 0 Å². The average Bonchev–Trinajstić information content (AvgIpc) is 3.36. The third kappa shape index (κ3) is 6.27. The molecule has 8 nitrogen and oxygen atoms in total. The number of aromatic nitrogens is 2. The van der Waals surface area contributed by atoms with Crippen molar-refractivity contribution < 1.29 is 36.7 Å². The first-order chi connectivity index (χ1) is 17.2. The van der Waals surface area contributed by atoms with E-state index >= 15 is 0 Å². The molecule has 3 aromatic rings. The fourth-order valence-corrected chi connectivity index (χ4v) is 3.56. The predicted octanol–water partition coefficient (Wildman–Crippen LogP) is 5.27. The normalized spacial score (nSPS) is 11.3. The van der Waals surface area contributed by atoms with Crippen molar-refractivity contribution in [2.45, 2.75) is 32.4 Å². The van der Waals surface area contributed by atoms with Crippen LogP contribution in [0.25, 0.3) is 11.4 Å². The largest absolute Gasteiger partial charge is 0.493 e. The van der Waals surface area contributed by atoms with E-state index in [0.29, 0.717) is 41.1 Å². The van der Waals surface area contributed by atoms with Crippen LogP contribution in [0.2, 0.25) is 0 Å². The number of alkyl halides is 3. The minimum atomic E-state index is -4.46. The first kappa shape index (κ1) is 26.8. The zero-order chi connectivity index (χ0) is 26.3. The predicted molar refractivity (Wildman–Crippen MR) is 125 cm³/mol. The van der Waals surface area contributed by atoms with Gasteiger partial charge in [-0.2, -0.15) is 18.2 Å². The Morgan fingerprint density at radius 2 is 1.64 bits per heavy atom. The number of nitrogens with zero attached hydrogens (tertiary/aromatic N) is 3. The highest BCUT2D eigenvalue weighted by Gasteiger charge is 2.30. The monoisotopic (exact) mass is 507 g/mol. The van der Waals surface area contributed by atoms with Crippen molar-refractivity contribution in [2.24, 2.45) is 0 Å². The Balaban J connectivity index is 1.75. The molecular weight excluding hydrogens is 479 g/mol. The van der Waals surface area contributed by atoms with Crippen LogP contribution < -0.4 is 14.2 Å². The molecule has 0 N–H and O–H groups in total. The molecule has 36 heavy (non-hydrogen) atoms. The van der Waals surface area contributed by atoms with E-state index in [4.69, 9.17) is 18.7 Å². The van der Waals surface area contributed by atoms with Gasteiger partial charge in [-0.05, 0) is 42.8 Å². The fourth-order valence-electron chi connectivity index (χ4n) is 3.56. The molecule has 0 aliphatic rings. The highest BCUT2D eigenvalue weighted by molar-refractivity contribution is 5.94. The van der Waals surface area contributed by atoms with Crippen molar-refractivity contribution in [3.8, 4) is 28.6 Å². The van der Waals surface area contributed by atoms with Crippen LogP contribution in [0.4, 0.5) is 13.2 Å². The fraction of sp³-hybridized carbons (Fsp3) is 0.400. The van der Waals surface area contributed by atoms with E-state index in [9.17, 15) is 18.0 Å². The van der Waals surface area contributed by atoms with Crippen LogP contribution in [0.5, 0.6) is 17.2 Å². The van der Waals surface area contributed by atoms with Gasteiger partial charge in [-0.1, -0.05) is 18.5 Å². The molecule has 0 unspecified atom stereocenters. The van der Waals surface area contributed by atoms with E-state index in [-0.39, 0.29) is 24.4 Å². The number of hydrogen-bond donors (Lipinski definition) is 0. The number of unbranched alkanes of at least 4 members (excludes halogenated alkanes) is 1. The highest BCUT2D eigenvalue weighted by atomic mass is 19.4. The lowest BCUT2D eigenvalue weighted by Gasteiger charge is -2.22. The molecule has 0 radical (unpaired) electrons. The molecule has 194 valence electrons. The van der Waals surface area contributed by atoms with Gasteiger partial charge in [0, 0.05) is 30.6 Å². The van der Waals surface area contributed by atoms with Crippen LogP contribution in [0.3, 0.4) is 0 Å².